The van der Waals surface area contributed by atoms with Gasteiger partial charge in [0.2, 0.25) is 0 Å². The van der Waals surface area contributed by atoms with Crippen LogP contribution in [0.1, 0.15) is 33.1 Å². The fourth-order valence-electron chi connectivity index (χ4n) is 1.38. The van der Waals surface area contributed by atoms with Gasteiger partial charge in [0.1, 0.15) is 6.61 Å². The number of rotatable bonds is 6. The minimum Gasteiger partial charge on any atom is -0.396 e. The van der Waals surface area contributed by atoms with Crippen LogP contribution in [0.2, 0.25) is 0 Å². The van der Waals surface area contributed by atoms with Crippen LogP contribution in [0.25, 0.3) is 0 Å². The van der Waals surface area contributed by atoms with Crippen molar-refractivity contribution in [2.24, 2.45) is 0 Å². The Labute approximate surface area is 105 Å². The minimum atomic E-state index is -0.815. The van der Waals surface area contributed by atoms with E-state index in [0.29, 0.717) is 11.5 Å². The summed E-state index contributed by atoms with van der Waals surface area (Å²) >= 11 is 0. The van der Waals surface area contributed by atoms with Crippen molar-refractivity contribution in [1.29, 1.82) is 0 Å². The van der Waals surface area contributed by atoms with E-state index in [-0.39, 0.29) is 26.1 Å². The van der Waals surface area contributed by atoms with Gasteiger partial charge < -0.3 is 14.7 Å². The normalized spacial score (nSPS) is 16.3. The van der Waals surface area contributed by atoms with Crippen LogP contribution >= 0.6 is 0 Å². The molecule has 1 fully saturated rings. The maximum atomic E-state index is 11.4. The first kappa shape index (κ1) is 14.6. The quantitative estimate of drug-likeness (QED) is 0.662. The van der Waals surface area contributed by atoms with Crippen LogP contribution in [0, 0.1) is 0 Å². The second-order valence-electron chi connectivity index (χ2n) is 4.57. The number of imide groups is 1. The van der Waals surface area contributed by atoms with Crippen molar-refractivity contribution in [3.8, 4) is 0 Å². The fourth-order valence-corrected chi connectivity index (χ4v) is 1.38. The lowest BCUT2D eigenvalue weighted by molar-refractivity contribution is -0.203. The summed E-state index contributed by atoms with van der Waals surface area (Å²) in [6.45, 7) is 2.97. The molecule has 1 aliphatic rings. The number of hydrogen-bond donors (Lipinski definition) is 1. The smallest absolute Gasteiger partial charge is 0.358 e. The number of hydroxylamine groups is 2. The van der Waals surface area contributed by atoms with Crippen LogP contribution < -0.4 is 0 Å². The number of ether oxygens (including phenoxy) is 1. The van der Waals surface area contributed by atoms with Gasteiger partial charge in [0.25, 0.3) is 11.8 Å². The Hall–Kier alpha value is -1.47. The van der Waals surface area contributed by atoms with Gasteiger partial charge in [-0.25, -0.2) is 4.79 Å². The van der Waals surface area contributed by atoms with Gasteiger partial charge in [0, 0.05) is 19.4 Å². The van der Waals surface area contributed by atoms with Crippen molar-refractivity contribution in [2.75, 3.05) is 13.2 Å². The third-order valence-electron chi connectivity index (χ3n) is 2.49. The van der Waals surface area contributed by atoms with E-state index in [1.165, 1.54) is 0 Å². The zero-order valence-corrected chi connectivity index (χ0v) is 10.5. The van der Waals surface area contributed by atoms with Gasteiger partial charge >= 0.3 is 5.97 Å². The lowest BCUT2D eigenvalue weighted by atomic mass is 10.1. The first-order valence-electron chi connectivity index (χ1n) is 5.67. The van der Waals surface area contributed by atoms with Gasteiger partial charge in [0.05, 0.1) is 5.60 Å². The Kier molecular flexibility index (Phi) is 4.80. The highest BCUT2D eigenvalue weighted by atomic mass is 16.7. The summed E-state index contributed by atoms with van der Waals surface area (Å²) in [5, 5.41) is 9.25. The highest BCUT2D eigenvalue weighted by Crippen LogP contribution is 2.15. The van der Waals surface area contributed by atoms with Gasteiger partial charge in [0.15, 0.2) is 0 Å². The summed E-state index contributed by atoms with van der Waals surface area (Å²) < 4.78 is 5.23. The molecule has 0 saturated carbocycles. The van der Waals surface area contributed by atoms with Gasteiger partial charge in [-0.2, -0.15) is 0 Å². The molecule has 0 bridgehead atoms. The van der Waals surface area contributed by atoms with Crippen LogP contribution in [-0.4, -0.2) is 46.8 Å². The summed E-state index contributed by atoms with van der Waals surface area (Å²) in [4.78, 5) is 38.4. The number of hydrogen-bond acceptors (Lipinski definition) is 6. The number of carbonyl (C=O) groups excluding carboxylic acids is 3. The molecule has 0 unspecified atom stereocenters. The van der Waals surface area contributed by atoms with Crippen LogP contribution in [0.3, 0.4) is 0 Å². The van der Waals surface area contributed by atoms with Crippen LogP contribution in [-0.2, 0) is 24.0 Å². The molecule has 102 valence electrons. The monoisotopic (exact) mass is 259 g/mol. The summed E-state index contributed by atoms with van der Waals surface area (Å²) in [6, 6.07) is 0. The Morgan fingerprint density at radius 2 is 1.89 bits per heavy atom. The van der Waals surface area contributed by atoms with E-state index < -0.39 is 23.4 Å². The molecule has 7 heteroatoms. The van der Waals surface area contributed by atoms with Gasteiger partial charge in [-0.05, 0) is 20.3 Å². The molecular formula is C11H17NO6. The van der Waals surface area contributed by atoms with E-state index in [1.54, 1.807) is 13.8 Å². The molecule has 0 aromatic carbocycles. The van der Waals surface area contributed by atoms with Crippen molar-refractivity contribution < 1.29 is 29.1 Å². The molecule has 1 rings (SSSR count). The summed E-state index contributed by atoms with van der Waals surface area (Å²) in [5.41, 5.74) is -0.674. The molecule has 7 nitrogen and oxygen atoms in total. The number of nitrogens with zero attached hydrogens (tertiary/aromatic N) is 1. The average Bonchev–Trinajstić information content (AvgIpc) is 2.58. The highest BCUT2D eigenvalue weighted by Gasteiger charge is 2.33. The molecular weight excluding hydrogens is 242 g/mol. The van der Waals surface area contributed by atoms with E-state index >= 15 is 0 Å². The lowest BCUT2D eigenvalue weighted by Crippen LogP contribution is -2.35. The minimum absolute atomic E-state index is 0.0585. The lowest BCUT2D eigenvalue weighted by Gasteiger charge is -2.24. The van der Waals surface area contributed by atoms with E-state index in [0.717, 1.165) is 0 Å². The van der Waals surface area contributed by atoms with Crippen molar-refractivity contribution in [3.05, 3.63) is 0 Å². The Bertz CT molecular complexity index is 335. The van der Waals surface area contributed by atoms with E-state index in [4.69, 9.17) is 9.84 Å². The van der Waals surface area contributed by atoms with Gasteiger partial charge in [-0.1, -0.05) is 0 Å². The van der Waals surface area contributed by atoms with Crippen molar-refractivity contribution >= 4 is 17.8 Å². The first-order chi connectivity index (χ1) is 8.35. The van der Waals surface area contributed by atoms with Crippen molar-refractivity contribution in [1.82, 2.24) is 5.06 Å². The predicted molar refractivity (Wildman–Crippen MR) is 58.9 cm³/mol. The molecule has 1 aliphatic heterocycles. The fraction of sp³-hybridized carbons (Fsp3) is 0.727. The molecule has 0 atom stereocenters. The Morgan fingerprint density at radius 1 is 1.33 bits per heavy atom. The predicted octanol–water partition coefficient (Wildman–Crippen LogP) is -0.229. The molecule has 0 spiro atoms. The molecule has 1 N–H and O–H groups in total. The summed E-state index contributed by atoms with van der Waals surface area (Å²) in [6.07, 6.45) is 0.480. The average molecular weight is 259 g/mol. The second kappa shape index (κ2) is 5.92. The molecule has 1 saturated heterocycles. The van der Waals surface area contributed by atoms with Crippen LogP contribution in [0.5, 0.6) is 0 Å². The molecule has 2 amide bonds. The zero-order chi connectivity index (χ0) is 13.8. The van der Waals surface area contributed by atoms with Gasteiger partial charge in [-0.3, -0.25) is 9.59 Å². The van der Waals surface area contributed by atoms with Crippen LogP contribution in [0.4, 0.5) is 0 Å². The number of aliphatic hydroxyl groups excluding tert-OH is 1. The maximum absolute atomic E-state index is 11.4. The van der Waals surface area contributed by atoms with E-state index in [9.17, 15) is 14.4 Å². The maximum Gasteiger partial charge on any atom is 0.358 e. The number of carbonyl (C=O) groups is 3. The highest BCUT2D eigenvalue weighted by molar-refractivity contribution is 6.01. The molecule has 18 heavy (non-hydrogen) atoms. The largest absolute Gasteiger partial charge is 0.396 e. The molecule has 0 aromatic heterocycles. The third-order valence-corrected chi connectivity index (χ3v) is 2.49. The molecule has 0 aliphatic carbocycles. The summed E-state index contributed by atoms with van der Waals surface area (Å²) in [7, 11) is 0. The third kappa shape index (κ3) is 4.08. The standard InChI is InChI=1S/C11H17NO6/c1-11(2,5-6-13)17-7-10(16)18-12-8(14)3-4-9(12)15/h13H,3-7H2,1-2H3. The summed E-state index contributed by atoms with van der Waals surface area (Å²) in [5.74, 6) is -1.87. The second-order valence-corrected chi connectivity index (χ2v) is 4.57. The van der Waals surface area contributed by atoms with Crippen LogP contribution in [0.15, 0.2) is 0 Å². The Morgan fingerprint density at radius 3 is 2.39 bits per heavy atom. The molecule has 0 radical (unpaired) electrons. The van der Waals surface area contributed by atoms with Crippen molar-refractivity contribution in [3.63, 3.8) is 0 Å². The zero-order valence-electron chi connectivity index (χ0n) is 10.5. The first-order valence-corrected chi connectivity index (χ1v) is 5.67. The molecule has 1 heterocycles. The van der Waals surface area contributed by atoms with Crippen molar-refractivity contribution in [2.45, 2.75) is 38.7 Å². The Balaban J connectivity index is 2.38. The van der Waals surface area contributed by atoms with Gasteiger partial charge in [-0.15, -0.1) is 5.06 Å². The number of aliphatic hydroxyl groups is 1. The SMILES string of the molecule is CC(C)(CCO)OCC(=O)ON1C(=O)CCC1=O. The van der Waals surface area contributed by atoms with E-state index in [1.807, 2.05) is 0 Å². The number of amides is 2. The topological polar surface area (TPSA) is 93.1 Å². The van der Waals surface area contributed by atoms with E-state index in [2.05, 4.69) is 4.84 Å². The molecule has 0 aromatic rings.